The summed E-state index contributed by atoms with van der Waals surface area (Å²) in [4.78, 5) is 12.5. The van der Waals surface area contributed by atoms with Crippen LogP contribution in [-0.4, -0.2) is 12.0 Å². The van der Waals surface area contributed by atoms with Crippen LogP contribution >= 0.6 is 15.9 Å². The van der Waals surface area contributed by atoms with Crippen LogP contribution < -0.4 is 10.1 Å². The minimum absolute atomic E-state index is 0.149. The molecule has 122 valence electrons. The topological polar surface area (TPSA) is 38.3 Å². The summed E-state index contributed by atoms with van der Waals surface area (Å²) in [6.07, 6.45) is -0.576. The van der Waals surface area contributed by atoms with E-state index < -0.39 is 6.10 Å². The van der Waals surface area contributed by atoms with Gasteiger partial charge in [-0.2, -0.15) is 0 Å². The second-order valence-corrected chi connectivity index (χ2v) is 6.80. The fraction of sp³-hybridized carbons (Fsp3) is 0.316. The summed E-state index contributed by atoms with van der Waals surface area (Å²) < 4.78 is 6.92. The highest BCUT2D eigenvalue weighted by atomic mass is 79.9. The van der Waals surface area contributed by atoms with Gasteiger partial charge in [0, 0.05) is 10.2 Å². The Kier molecular flexibility index (Phi) is 5.47. The number of carbonyl (C=O) groups excluding carboxylic acids is 1. The highest BCUT2D eigenvalue weighted by molar-refractivity contribution is 9.10. The van der Waals surface area contributed by atoms with Crippen molar-refractivity contribution in [2.45, 2.75) is 40.7 Å². The molecular formula is C19H22BrNO2. The Morgan fingerprint density at radius 2 is 1.57 bits per heavy atom. The van der Waals surface area contributed by atoms with Crippen molar-refractivity contribution in [3.63, 3.8) is 0 Å². The Labute approximate surface area is 146 Å². The van der Waals surface area contributed by atoms with Crippen molar-refractivity contribution in [2.75, 3.05) is 5.32 Å². The third kappa shape index (κ3) is 4.14. The summed E-state index contributed by atoms with van der Waals surface area (Å²) in [5.74, 6) is 0.612. The molecular weight excluding hydrogens is 354 g/mol. The first-order valence-corrected chi connectivity index (χ1v) is 8.39. The number of amides is 1. The molecule has 3 nitrogen and oxygen atoms in total. The van der Waals surface area contributed by atoms with Crippen LogP contribution in [0.4, 0.5) is 5.69 Å². The number of halogens is 1. The predicted molar refractivity (Wildman–Crippen MR) is 98.3 cm³/mol. The van der Waals surface area contributed by atoms with E-state index in [1.165, 1.54) is 0 Å². The molecule has 0 spiro atoms. The fourth-order valence-electron chi connectivity index (χ4n) is 2.55. The number of carbonyl (C=O) groups is 1. The zero-order valence-corrected chi connectivity index (χ0v) is 15.7. The molecule has 0 aliphatic carbocycles. The second-order valence-electron chi connectivity index (χ2n) is 5.88. The van der Waals surface area contributed by atoms with Crippen LogP contribution in [-0.2, 0) is 4.79 Å². The molecule has 0 heterocycles. The van der Waals surface area contributed by atoms with Crippen LogP contribution in [0.15, 0.2) is 34.8 Å². The zero-order chi connectivity index (χ0) is 17.1. The van der Waals surface area contributed by atoms with Gasteiger partial charge in [0.1, 0.15) is 5.75 Å². The molecule has 2 rings (SSSR count). The number of anilines is 1. The minimum atomic E-state index is -0.576. The van der Waals surface area contributed by atoms with Gasteiger partial charge >= 0.3 is 0 Å². The SMILES string of the molecule is Cc1cccc(C)c1NC(=O)C(C)Oc1c(C)cc(Br)cc1C. The largest absolute Gasteiger partial charge is 0.480 e. The Morgan fingerprint density at radius 3 is 2.09 bits per heavy atom. The molecule has 1 atom stereocenters. The first-order chi connectivity index (χ1) is 10.8. The maximum atomic E-state index is 12.5. The first-order valence-electron chi connectivity index (χ1n) is 7.60. The van der Waals surface area contributed by atoms with Crippen molar-refractivity contribution in [2.24, 2.45) is 0 Å². The summed E-state index contributed by atoms with van der Waals surface area (Å²) in [5.41, 5.74) is 4.95. The lowest BCUT2D eigenvalue weighted by atomic mass is 10.1. The van der Waals surface area contributed by atoms with Gasteiger partial charge in [-0.25, -0.2) is 0 Å². The lowest BCUT2D eigenvalue weighted by Gasteiger charge is -2.19. The highest BCUT2D eigenvalue weighted by Crippen LogP contribution is 2.28. The van der Waals surface area contributed by atoms with Crippen LogP contribution in [0.2, 0.25) is 0 Å². The summed E-state index contributed by atoms with van der Waals surface area (Å²) in [6.45, 7) is 9.69. The second kappa shape index (κ2) is 7.18. The third-order valence-electron chi connectivity index (χ3n) is 3.82. The van der Waals surface area contributed by atoms with Gasteiger partial charge in [0.25, 0.3) is 5.91 Å². The zero-order valence-electron chi connectivity index (χ0n) is 14.2. The molecule has 0 aliphatic heterocycles. The Bertz CT molecular complexity index is 697. The molecule has 0 saturated heterocycles. The molecule has 0 aliphatic rings. The molecule has 2 aromatic carbocycles. The van der Waals surface area contributed by atoms with E-state index in [9.17, 15) is 4.79 Å². The Hall–Kier alpha value is -1.81. The predicted octanol–water partition coefficient (Wildman–Crippen LogP) is 5.09. The average Bonchev–Trinajstić information content (AvgIpc) is 2.46. The van der Waals surface area contributed by atoms with E-state index in [-0.39, 0.29) is 5.91 Å². The van der Waals surface area contributed by atoms with Crippen LogP contribution in [0.1, 0.15) is 29.2 Å². The number of benzene rings is 2. The van der Waals surface area contributed by atoms with Crippen molar-refractivity contribution in [3.05, 3.63) is 57.1 Å². The van der Waals surface area contributed by atoms with E-state index >= 15 is 0 Å². The summed E-state index contributed by atoms with van der Waals surface area (Å²) in [6, 6.07) is 9.92. The molecule has 4 heteroatoms. The number of nitrogens with one attached hydrogen (secondary N) is 1. The van der Waals surface area contributed by atoms with Gasteiger partial charge in [-0.3, -0.25) is 4.79 Å². The number of ether oxygens (including phenoxy) is 1. The molecule has 1 N–H and O–H groups in total. The standard InChI is InChI=1S/C19H22BrNO2/c1-11-7-6-8-12(2)17(11)21-19(22)15(5)23-18-13(3)9-16(20)10-14(18)4/h6-10,15H,1-5H3,(H,21,22). The van der Waals surface area contributed by atoms with E-state index in [1.54, 1.807) is 6.92 Å². The Balaban J connectivity index is 2.15. The maximum Gasteiger partial charge on any atom is 0.265 e. The molecule has 0 bridgehead atoms. The van der Waals surface area contributed by atoms with E-state index in [0.29, 0.717) is 0 Å². The molecule has 0 fully saturated rings. The normalized spacial score (nSPS) is 11.9. The number of rotatable bonds is 4. The van der Waals surface area contributed by atoms with Gasteiger partial charge in [0.05, 0.1) is 0 Å². The van der Waals surface area contributed by atoms with E-state index in [0.717, 1.165) is 38.2 Å². The first kappa shape index (κ1) is 17.5. The van der Waals surface area contributed by atoms with Crippen LogP contribution in [0.5, 0.6) is 5.75 Å². The van der Waals surface area contributed by atoms with Gasteiger partial charge in [-0.05, 0) is 69.0 Å². The van der Waals surface area contributed by atoms with E-state index in [1.807, 2.05) is 58.0 Å². The smallest absolute Gasteiger partial charge is 0.265 e. The highest BCUT2D eigenvalue weighted by Gasteiger charge is 2.18. The lowest BCUT2D eigenvalue weighted by Crippen LogP contribution is -2.31. The van der Waals surface area contributed by atoms with Gasteiger partial charge in [-0.15, -0.1) is 0 Å². The van der Waals surface area contributed by atoms with E-state index in [2.05, 4.69) is 21.2 Å². The quantitative estimate of drug-likeness (QED) is 0.807. The summed E-state index contributed by atoms with van der Waals surface area (Å²) >= 11 is 3.47. The number of aryl methyl sites for hydroxylation is 4. The van der Waals surface area contributed by atoms with Crippen molar-refractivity contribution in [1.82, 2.24) is 0 Å². The van der Waals surface area contributed by atoms with Crippen molar-refractivity contribution >= 4 is 27.5 Å². The fourth-order valence-corrected chi connectivity index (χ4v) is 3.24. The van der Waals surface area contributed by atoms with Crippen molar-refractivity contribution in [1.29, 1.82) is 0 Å². The van der Waals surface area contributed by atoms with Crippen LogP contribution in [0.25, 0.3) is 0 Å². The summed E-state index contributed by atoms with van der Waals surface area (Å²) in [7, 11) is 0. The lowest BCUT2D eigenvalue weighted by molar-refractivity contribution is -0.122. The molecule has 1 unspecified atom stereocenters. The molecule has 2 aromatic rings. The van der Waals surface area contributed by atoms with Crippen LogP contribution in [0, 0.1) is 27.7 Å². The molecule has 1 amide bonds. The molecule has 23 heavy (non-hydrogen) atoms. The van der Waals surface area contributed by atoms with Gasteiger partial charge in [-0.1, -0.05) is 34.1 Å². The Morgan fingerprint density at radius 1 is 1.04 bits per heavy atom. The van der Waals surface area contributed by atoms with Crippen molar-refractivity contribution in [3.8, 4) is 5.75 Å². The van der Waals surface area contributed by atoms with Gasteiger partial charge in [0.2, 0.25) is 0 Å². The van der Waals surface area contributed by atoms with Crippen molar-refractivity contribution < 1.29 is 9.53 Å². The van der Waals surface area contributed by atoms with E-state index in [4.69, 9.17) is 4.74 Å². The van der Waals surface area contributed by atoms with Crippen LogP contribution in [0.3, 0.4) is 0 Å². The summed E-state index contributed by atoms with van der Waals surface area (Å²) in [5, 5.41) is 2.98. The monoisotopic (exact) mass is 375 g/mol. The molecule has 0 aromatic heterocycles. The van der Waals surface area contributed by atoms with Gasteiger partial charge in [0.15, 0.2) is 6.10 Å². The van der Waals surface area contributed by atoms with Gasteiger partial charge < -0.3 is 10.1 Å². The molecule has 0 saturated carbocycles. The maximum absolute atomic E-state index is 12.5. The minimum Gasteiger partial charge on any atom is -0.480 e. The molecule has 0 radical (unpaired) electrons. The number of hydrogen-bond donors (Lipinski definition) is 1. The number of hydrogen-bond acceptors (Lipinski definition) is 2. The number of para-hydroxylation sites is 1. The average molecular weight is 376 g/mol. The third-order valence-corrected chi connectivity index (χ3v) is 4.28.